The van der Waals surface area contributed by atoms with E-state index >= 15 is 0 Å². The van der Waals surface area contributed by atoms with Crippen molar-refractivity contribution in [3.05, 3.63) is 0 Å². The van der Waals surface area contributed by atoms with Crippen molar-refractivity contribution < 1.29 is 119 Å². The molecule has 4 heterocycles. The lowest BCUT2D eigenvalue weighted by Crippen LogP contribution is -2.66. The lowest BCUT2D eigenvalue weighted by Gasteiger charge is -2.47. The first kappa shape index (κ1) is 63.6. The SMILES string of the molecule is CCCCCCCCCCOC[C@@H](O[C@@H]1OC(CO)[C@@H](O[C@H]2OC(CO)[C@@H](O)[C@H](O)C2O)[C@H](O)C1O)[C@@H](COCCCCCCCCCC)O[C@@H]1OC(CO)[C@@H](O[C@H]2OC(CO)[C@@H](O)[C@H](O)C2O)[C@H](O)C1O. The molecular weight excluding hydrogens is 961 g/mol. The first-order chi connectivity index (χ1) is 34.7. The molecule has 4 saturated heterocycles. The fraction of sp³-hybridized carbons (Fsp3) is 1.00. The van der Waals surface area contributed by atoms with Gasteiger partial charge in [-0.05, 0) is 12.8 Å². The van der Waals surface area contributed by atoms with Crippen LogP contribution < -0.4 is 0 Å². The summed E-state index contributed by atoms with van der Waals surface area (Å²) in [5.41, 5.74) is 0. The van der Waals surface area contributed by atoms with Crippen LogP contribution in [-0.2, 0) is 47.4 Å². The van der Waals surface area contributed by atoms with E-state index in [1.165, 1.54) is 12.8 Å². The molecule has 4 aliphatic rings. The van der Waals surface area contributed by atoms with E-state index in [0.29, 0.717) is 12.8 Å². The van der Waals surface area contributed by atoms with Crippen LogP contribution in [0.5, 0.6) is 0 Å². The predicted octanol–water partition coefficient (Wildman–Crippen LogP) is -2.68. The van der Waals surface area contributed by atoms with Gasteiger partial charge >= 0.3 is 0 Å². The van der Waals surface area contributed by atoms with Gasteiger partial charge in [0.05, 0.1) is 39.6 Å². The normalized spacial score (nSPS) is 38.5. The molecule has 0 radical (unpaired) electrons. The first-order valence-electron chi connectivity index (χ1n) is 26.3. The Labute approximate surface area is 422 Å². The maximum absolute atomic E-state index is 11.5. The summed E-state index contributed by atoms with van der Waals surface area (Å²) in [6.45, 7) is 1.06. The Balaban J connectivity index is 1.56. The van der Waals surface area contributed by atoms with E-state index in [1.807, 2.05) is 0 Å². The van der Waals surface area contributed by atoms with Crippen LogP contribution in [0.4, 0.5) is 0 Å². The van der Waals surface area contributed by atoms with Gasteiger partial charge in [-0.1, -0.05) is 104 Å². The molecular formula is C48H90O24. The standard InChI is InChI=1S/C48H90O24/c1-3-5-7-9-11-13-15-17-19-63-25-31(69-45-41(61)37(57)43(29(23-51)67-45)71-47-39(59)35(55)33(53)27(21-49)65-47)32(26-64-20-18-16-14-12-10-8-6-4-2)70-46-42(62)38(58)44(30(24-52)68-46)72-48-40(60)36(56)34(54)28(22-50)66-48/h27-62H,3-26H2,1-2H3/t27?,28?,29?,30?,31-,32-,33-,34-,35+,36+,37-,38-,39?,40?,41?,42?,43-,44-,45+,46+,47-,48-/m1/s1. The number of rotatable bonds is 35. The molecule has 8 unspecified atom stereocenters. The first-order valence-corrected chi connectivity index (χ1v) is 26.3. The van der Waals surface area contributed by atoms with Crippen molar-refractivity contribution in [3.63, 3.8) is 0 Å². The van der Waals surface area contributed by atoms with Gasteiger partial charge in [0.1, 0.15) is 110 Å². The van der Waals surface area contributed by atoms with E-state index in [4.69, 9.17) is 47.4 Å². The summed E-state index contributed by atoms with van der Waals surface area (Å²) in [6.07, 6.45) is -20.8. The average molecular weight is 1050 g/mol. The molecule has 0 spiro atoms. The van der Waals surface area contributed by atoms with E-state index in [0.717, 1.165) is 77.0 Å². The second-order valence-corrected chi connectivity index (χ2v) is 19.5. The van der Waals surface area contributed by atoms with Crippen molar-refractivity contribution in [2.24, 2.45) is 0 Å². The van der Waals surface area contributed by atoms with Crippen LogP contribution in [0.1, 0.15) is 117 Å². The van der Waals surface area contributed by atoms with Gasteiger partial charge in [0.25, 0.3) is 0 Å². The van der Waals surface area contributed by atoms with Crippen LogP contribution >= 0.6 is 0 Å². The molecule has 24 heteroatoms. The van der Waals surface area contributed by atoms with Crippen LogP contribution in [0, 0.1) is 0 Å². The third-order valence-corrected chi connectivity index (χ3v) is 13.8. The van der Waals surface area contributed by atoms with Gasteiger partial charge in [-0.25, -0.2) is 0 Å². The van der Waals surface area contributed by atoms with E-state index in [2.05, 4.69) is 13.8 Å². The summed E-state index contributed by atoms with van der Waals surface area (Å²) >= 11 is 0. The minimum absolute atomic E-state index is 0.260. The molecule has 14 N–H and O–H groups in total. The van der Waals surface area contributed by atoms with Crippen LogP contribution in [0.2, 0.25) is 0 Å². The summed E-state index contributed by atoms with van der Waals surface area (Å²) in [5.74, 6) is 0. The van der Waals surface area contributed by atoms with Crippen molar-refractivity contribution in [1.82, 2.24) is 0 Å². The van der Waals surface area contributed by atoms with Crippen molar-refractivity contribution in [1.29, 1.82) is 0 Å². The Morgan fingerprint density at radius 3 is 0.944 bits per heavy atom. The van der Waals surface area contributed by atoms with E-state index in [9.17, 15) is 71.5 Å². The van der Waals surface area contributed by atoms with Crippen molar-refractivity contribution in [3.8, 4) is 0 Å². The molecule has 0 aromatic heterocycles. The molecule has 4 aliphatic heterocycles. The highest BCUT2D eigenvalue weighted by Gasteiger charge is 2.54. The monoisotopic (exact) mass is 1050 g/mol. The third-order valence-electron chi connectivity index (χ3n) is 13.8. The minimum atomic E-state index is -1.95. The second-order valence-electron chi connectivity index (χ2n) is 19.5. The van der Waals surface area contributed by atoms with Gasteiger partial charge in [-0.3, -0.25) is 0 Å². The zero-order valence-corrected chi connectivity index (χ0v) is 42.0. The highest BCUT2D eigenvalue weighted by atomic mass is 16.8. The molecule has 4 rings (SSSR count). The molecule has 0 aromatic carbocycles. The number of aliphatic hydroxyl groups excluding tert-OH is 14. The summed E-state index contributed by atoms with van der Waals surface area (Å²) < 4.78 is 59.2. The highest BCUT2D eigenvalue weighted by molar-refractivity contribution is 4.97. The summed E-state index contributed by atoms with van der Waals surface area (Å²) in [6, 6.07) is 0. The molecule has 22 atom stereocenters. The lowest BCUT2D eigenvalue weighted by molar-refractivity contribution is -0.377. The summed E-state index contributed by atoms with van der Waals surface area (Å²) in [4.78, 5) is 0. The molecule has 24 nitrogen and oxygen atoms in total. The van der Waals surface area contributed by atoms with E-state index < -0.39 is 161 Å². The Morgan fingerprint density at radius 1 is 0.333 bits per heavy atom. The average Bonchev–Trinajstić information content (AvgIpc) is 3.38. The zero-order chi connectivity index (χ0) is 52.7. The Hall–Kier alpha value is -0.960. The zero-order valence-electron chi connectivity index (χ0n) is 42.0. The van der Waals surface area contributed by atoms with Crippen LogP contribution in [0.25, 0.3) is 0 Å². The largest absolute Gasteiger partial charge is 0.394 e. The smallest absolute Gasteiger partial charge is 0.187 e. The van der Waals surface area contributed by atoms with Gasteiger partial charge in [-0.2, -0.15) is 0 Å². The maximum Gasteiger partial charge on any atom is 0.187 e. The number of ether oxygens (including phenoxy) is 10. The maximum atomic E-state index is 11.5. The predicted molar refractivity (Wildman–Crippen MR) is 249 cm³/mol. The topological polar surface area (TPSA) is 376 Å². The molecule has 0 aliphatic carbocycles. The fourth-order valence-electron chi connectivity index (χ4n) is 9.22. The van der Waals surface area contributed by atoms with Gasteiger partial charge in [-0.15, -0.1) is 0 Å². The molecule has 0 saturated carbocycles. The summed E-state index contributed by atoms with van der Waals surface area (Å²) in [5, 5.41) is 149. The van der Waals surface area contributed by atoms with E-state index in [-0.39, 0.29) is 26.4 Å². The number of hydrogen-bond acceptors (Lipinski definition) is 24. The number of hydrogen-bond donors (Lipinski definition) is 14. The lowest BCUT2D eigenvalue weighted by atomic mass is 9.96. The van der Waals surface area contributed by atoms with Crippen molar-refractivity contribution in [2.75, 3.05) is 52.9 Å². The van der Waals surface area contributed by atoms with Gasteiger partial charge in [0, 0.05) is 13.2 Å². The van der Waals surface area contributed by atoms with Crippen LogP contribution in [-0.4, -0.2) is 259 Å². The van der Waals surface area contributed by atoms with Gasteiger partial charge in [0.15, 0.2) is 25.2 Å². The number of unbranched alkanes of at least 4 members (excludes halogenated alkanes) is 14. The fourth-order valence-corrected chi connectivity index (χ4v) is 9.22. The third kappa shape index (κ3) is 18.6. The quantitative estimate of drug-likeness (QED) is 0.0288. The minimum Gasteiger partial charge on any atom is -0.394 e. The molecule has 0 aromatic rings. The Bertz CT molecular complexity index is 1290. The van der Waals surface area contributed by atoms with Crippen LogP contribution in [0.15, 0.2) is 0 Å². The molecule has 0 bridgehead atoms. The van der Waals surface area contributed by atoms with Crippen molar-refractivity contribution >= 4 is 0 Å². The molecule has 4 fully saturated rings. The molecule has 72 heavy (non-hydrogen) atoms. The second kappa shape index (κ2) is 34.0. The highest BCUT2D eigenvalue weighted by Crippen LogP contribution is 2.33. The molecule has 0 amide bonds. The summed E-state index contributed by atoms with van der Waals surface area (Å²) in [7, 11) is 0. The Morgan fingerprint density at radius 2 is 0.625 bits per heavy atom. The van der Waals surface area contributed by atoms with Gasteiger partial charge in [0.2, 0.25) is 0 Å². The van der Waals surface area contributed by atoms with Crippen molar-refractivity contribution in [2.45, 2.75) is 252 Å². The van der Waals surface area contributed by atoms with Crippen LogP contribution in [0.3, 0.4) is 0 Å². The Kier molecular flexibility index (Phi) is 30.1. The number of aliphatic hydroxyl groups is 14. The van der Waals surface area contributed by atoms with E-state index in [1.54, 1.807) is 0 Å². The van der Waals surface area contributed by atoms with Gasteiger partial charge < -0.3 is 119 Å². The molecule has 426 valence electrons.